The van der Waals surface area contributed by atoms with E-state index in [0.29, 0.717) is 32.5 Å². The van der Waals surface area contributed by atoms with E-state index in [-0.39, 0.29) is 11.9 Å². The van der Waals surface area contributed by atoms with Crippen molar-refractivity contribution in [3.8, 4) is 0 Å². The number of anilines is 1. The van der Waals surface area contributed by atoms with Gasteiger partial charge in [0.05, 0.1) is 5.92 Å². The molecule has 1 fully saturated rings. The molecule has 7 heteroatoms. The van der Waals surface area contributed by atoms with Crippen LogP contribution in [0.4, 0.5) is 10.6 Å². The molecule has 7 nitrogen and oxygen atoms in total. The number of carbonyl (C=O) groups excluding carboxylic acids is 1. The number of likely N-dealkylation sites (tertiary alicyclic amines) is 1. The van der Waals surface area contributed by atoms with Crippen molar-refractivity contribution < 1.29 is 14.7 Å². The van der Waals surface area contributed by atoms with Crippen LogP contribution in [0.15, 0.2) is 18.3 Å². The number of nitrogens with zero attached hydrogens (tertiary/aromatic N) is 3. The molecule has 1 aliphatic rings. The second-order valence-corrected chi connectivity index (χ2v) is 5.96. The fourth-order valence-corrected chi connectivity index (χ4v) is 2.87. The Morgan fingerprint density at radius 2 is 1.96 bits per heavy atom. The van der Waals surface area contributed by atoms with Gasteiger partial charge < -0.3 is 20.2 Å². The van der Waals surface area contributed by atoms with Gasteiger partial charge in [-0.2, -0.15) is 0 Å². The zero-order valence-electron chi connectivity index (χ0n) is 14.4. The van der Waals surface area contributed by atoms with E-state index in [9.17, 15) is 9.59 Å². The van der Waals surface area contributed by atoms with Crippen LogP contribution in [0.3, 0.4) is 0 Å². The molecule has 2 N–H and O–H groups in total. The standard InChI is InChI=1S/C17H26N4O3/c1-3-20(4-2)15-6-5-13(11-18-15)12-19-17(24)21-9-7-14(8-10-21)16(22)23/h5-6,11,14H,3-4,7-10,12H2,1-2H3,(H,19,24)(H,22,23). The lowest BCUT2D eigenvalue weighted by Crippen LogP contribution is -2.45. The first-order chi connectivity index (χ1) is 11.5. The molecule has 1 aliphatic heterocycles. The summed E-state index contributed by atoms with van der Waals surface area (Å²) in [6.45, 7) is 7.39. The van der Waals surface area contributed by atoms with Crippen molar-refractivity contribution in [1.29, 1.82) is 0 Å². The third-order valence-electron chi connectivity index (χ3n) is 4.47. The average Bonchev–Trinajstić information content (AvgIpc) is 2.62. The number of urea groups is 1. The molecule has 2 amide bonds. The van der Waals surface area contributed by atoms with Gasteiger partial charge in [0.1, 0.15) is 5.82 Å². The number of nitrogens with one attached hydrogen (secondary N) is 1. The first kappa shape index (κ1) is 18.0. The Morgan fingerprint density at radius 1 is 1.29 bits per heavy atom. The van der Waals surface area contributed by atoms with Gasteiger partial charge in [0.25, 0.3) is 0 Å². The molecular formula is C17H26N4O3. The summed E-state index contributed by atoms with van der Waals surface area (Å²) in [6.07, 6.45) is 2.82. The fourth-order valence-electron chi connectivity index (χ4n) is 2.87. The Bertz CT molecular complexity index is 549. The van der Waals surface area contributed by atoms with Crippen LogP contribution in [0.25, 0.3) is 0 Å². The number of carboxylic acid groups (broad SMARTS) is 1. The molecule has 0 atom stereocenters. The molecular weight excluding hydrogens is 308 g/mol. The third-order valence-corrected chi connectivity index (χ3v) is 4.47. The highest BCUT2D eigenvalue weighted by Crippen LogP contribution is 2.17. The first-order valence-electron chi connectivity index (χ1n) is 8.50. The van der Waals surface area contributed by atoms with Crippen molar-refractivity contribution >= 4 is 17.8 Å². The molecule has 0 unspecified atom stereocenters. The van der Waals surface area contributed by atoms with Gasteiger partial charge in [0.15, 0.2) is 0 Å². The summed E-state index contributed by atoms with van der Waals surface area (Å²) in [6, 6.07) is 3.79. The van der Waals surface area contributed by atoms with Gasteiger partial charge in [-0.3, -0.25) is 4.79 Å². The smallest absolute Gasteiger partial charge is 0.317 e. The van der Waals surface area contributed by atoms with Gasteiger partial charge in [-0.25, -0.2) is 9.78 Å². The Hall–Kier alpha value is -2.31. The summed E-state index contributed by atoms with van der Waals surface area (Å²) < 4.78 is 0. The molecule has 1 saturated heterocycles. The molecule has 1 aromatic rings. The lowest BCUT2D eigenvalue weighted by atomic mass is 9.97. The number of aliphatic carboxylic acids is 1. The van der Waals surface area contributed by atoms with Crippen molar-refractivity contribution in [2.75, 3.05) is 31.1 Å². The molecule has 24 heavy (non-hydrogen) atoms. The average molecular weight is 334 g/mol. The number of carboxylic acids is 1. The van der Waals surface area contributed by atoms with Gasteiger partial charge in [0, 0.05) is 38.9 Å². The van der Waals surface area contributed by atoms with Crippen molar-refractivity contribution in [3.05, 3.63) is 23.9 Å². The highest BCUT2D eigenvalue weighted by molar-refractivity contribution is 5.75. The fraction of sp³-hybridized carbons (Fsp3) is 0.588. The SMILES string of the molecule is CCN(CC)c1ccc(CNC(=O)N2CCC(C(=O)O)CC2)cn1. The lowest BCUT2D eigenvalue weighted by molar-refractivity contribution is -0.143. The Kier molecular flexibility index (Phi) is 6.40. The zero-order valence-corrected chi connectivity index (χ0v) is 14.4. The molecule has 0 saturated carbocycles. The molecule has 132 valence electrons. The van der Waals surface area contributed by atoms with Crippen LogP contribution < -0.4 is 10.2 Å². The van der Waals surface area contributed by atoms with Crippen LogP contribution >= 0.6 is 0 Å². The minimum atomic E-state index is -0.769. The summed E-state index contributed by atoms with van der Waals surface area (Å²) in [4.78, 5) is 31.4. The van der Waals surface area contributed by atoms with Gasteiger partial charge in [-0.15, -0.1) is 0 Å². The maximum absolute atomic E-state index is 12.2. The largest absolute Gasteiger partial charge is 0.481 e. The second-order valence-electron chi connectivity index (χ2n) is 5.96. The van der Waals surface area contributed by atoms with Crippen LogP contribution in [-0.4, -0.2) is 53.2 Å². The molecule has 0 spiro atoms. The van der Waals surface area contributed by atoms with Gasteiger partial charge >= 0.3 is 12.0 Å². The lowest BCUT2D eigenvalue weighted by Gasteiger charge is -2.30. The predicted octanol–water partition coefficient (Wildman–Crippen LogP) is 1.93. The van der Waals surface area contributed by atoms with Crippen molar-refractivity contribution in [3.63, 3.8) is 0 Å². The van der Waals surface area contributed by atoms with Gasteiger partial charge in [0.2, 0.25) is 0 Å². The predicted molar refractivity (Wildman–Crippen MR) is 92.0 cm³/mol. The summed E-state index contributed by atoms with van der Waals surface area (Å²) in [5.74, 6) is -0.161. The van der Waals surface area contributed by atoms with Crippen LogP contribution in [-0.2, 0) is 11.3 Å². The number of hydrogen-bond acceptors (Lipinski definition) is 4. The first-order valence-corrected chi connectivity index (χ1v) is 8.50. The van der Waals surface area contributed by atoms with E-state index in [2.05, 4.69) is 29.0 Å². The van der Waals surface area contributed by atoms with Gasteiger partial charge in [-0.1, -0.05) is 6.07 Å². The molecule has 0 radical (unpaired) electrons. The van der Waals surface area contributed by atoms with E-state index >= 15 is 0 Å². The summed E-state index contributed by atoms with van der Waals surface area (Å²) in [7, 11) is 0. The van der Waals surface area contributed by atoms with E-state index < -0.39 is 5.97 Å². The number of aromatic nitrogens is 1. The highest BCUT2D eigenvalue weighted by Gasteiger charge is 2.26. The number of pyridine rings is 1. The quantitative estimate of drug-likeness (QED) is 0.830. The summed E-state index contributed by atoms with van der Waals surface area (Å²) in [5, 5.41) is 11.9. The number of rotatable bonds is 6. The van der Waals surface area contributed by atoms with Crippen LogP contribution in [0.1, 0.15) is 32.3 Å². The maximum atomic E-state index is 12.2. The van der Waals surface area contributed by atoms with Crippen molar-refractivity contribution in [2.24, 2.45) is 5.92 Å². The Balaban J connectivity index is 1.81. The minimum absolute atomic E-state index is 0.147. The summed E-state index contributed by atoms with van der Waals surface area (Å²) >= 11 is 0. The normalized spacial score (nSPS) is 15.2. The van der Waals surface area contributed by atoms with Gasteiger partial charge in [-0.05, 0) is 38.3 Å². The maximum Gasteiger partial charge on any atom is 0.317 e. The number of carbonyl (C=O) groups is 2. The molecule has 0 bridgehead atoms. The Morgan fingerprint density at radius 3 is 2.46 bits per heavy atom. The Labute approximate surface area is 142 Å². The molecule has 0 aliphatic carbocycles. The van der Waals surface area contributed by atoms with E-state index in [4.69, 9.17) is 5.11 Å². The van der Waals surface area contributed by atoms with Crippen molar-refractivity contribution in [2.45, 2.75) is 33.2 Å². The van der Waals surface area contributed by atoms with E-state index in [1.165, 1.54) is 0 Å². The van der Waals surface area contributed by atoms with Crippen LogP contribution in [0.5, 0.6) is 0 Å². The van der Waals surface area contributed by atoms with E-state index in [0.717, 1.165) is 24.5 Å². The monoisotopic (exact) mass is 334 g/mol. The van der Waals surface area contributed by atoms with Crippen molar-refractivity contribution in [1.82, 2.24) is 15.2 Å². The molecule has 1 aromatic heterocycles. The zero-order chi connectivity index (χ0) is 17.5. The number of piperidine rings is 1. The number of hydrogen-bond donors (Lipinski definition) is 2. The van der Waals surface area contributed by atoms with Crippen LogP contribution in [0.2, 0.25) is 0 Å². The molecule has 2 heterocycles. The number of amides is 2. The van der Waals surface area contributed by atoms with E-state index in [1.807, 2.05) is 12.1 Å². The molecule has 0 aromatic carbocycles. The highest BCUT2D eigenvalue weighted by atomic mass is 16.4. The summed E-state index contributed by atoms with van der Waals surface area (Å²) in [5.41, 5.74) is 0.944. The second kappa shape index (κ2) is 8.52. The third kappa shape index (κ3) is 4.59. The molecule has 2 rings (SSSR count). The van der Waals surface area contributed by atoms with E-state index in [1.54, 1.807) is 11.1 Å². The topological polar surface area (TPSA) is 85.8 Å². The van der Waals surface area contributed by atoms with Crippen LogP contribution in [0, 0.1) is 5.92 Å². The minimum Gasteiger partial charge on any atom is -0.481 e.